The van der Waals surface area contributed by atoms with Crippen molar-refractivity contribution in [2.75, 3.05) is 20.3 Å². The highest BCUT2D eigenvalue weighted by molar-refractivity contribution is 5.95. The van der Waals surface area contributed by atoms with Gasteiger partial charge in [0.2, 0.25) is 0 Å². The molecular formula is C7H14N2O3. The van der Waals surface area contributed by atoms with Crippen LogP contribution in [0.3, 0.4) is 0 Å². The van der Waals surface area contributed by atoms with E-state index in [-0.39, 0.29) is 0 Å². The fourth-order valence-corrected chi connectivity index (χ4v) is 0.505. The Bertz CT molecular complexity index is 168. The maximum atomic E-state index is 5.09. The fourth-order valence-electron chi connectivity index (χ4n) is 0.505. The highest BCUT2D eigenvalue weighted by atomic mass is 16.6. The molecule has 0 atom stereocenters. The molecule has 0 aliphatic carbocycles. The molecule has 0 aromatic rings. The van der Waals surface area contributed by atoms with Crippen molar-refractivity contribution in [1.29, 1.82) is 0 Å². The minimum absolute atomic E-state index is 0.319. The van der Waals surface area contributed by atoms with Crippen molar-refractivity contribution >= 4 is 5.71 Å². The second-order valence-electron chi connectivity index (χ2n) is 2.00. The number of nitrogens with zero attached hydrogens (tertiary/aromatic N) is 1. The summed E-state index contributed by atoms with van der Waals surface area (Å²) in [4.78, 5) is 8.82. The summed E-state index contributed by atoms with van der Waals surface area (Å²) in [5.74, 6) is 5.24. The van der Waals surface area contributed by atoms with Gasteiger partial charge in [0, 0.05) is 0 Å². The molecule has 70 valence electrons. The van der Waals surface area contributed by atoms with Crippen LogP contribution in [0, 0.1) is 0 Å². The highest BCUT2D eigenvalue weighted by Gasteiger charge is 1.99. The summed E-state index contributed by atoms with van der Waals surface area (Å²) in [7, 11) is 1.46. The third-order valence-corrected chi connectivity index (χ3v) is 1.11. The molecule has 0 amide bonds. The minimum atomic E-state index is 0.319. The second-order valence-corrected chi connectivity index (χ2v) is 2.00. The zero-order valence-corrected chi connectivity index (χ0v) is 7.37. The first-order valence-corrected chi connectivity index (χ1v) is 3.44. The van der Waals surface area contributed by atoms with Crippen LogP contribution >= 0.6 is 0 Å². The molecule has 12 heavy (non-hydrogen) atoms. The number of hydrogen-bond donors (Lipinski definition) is 1. The van der Waals surface area contributed by atoms with Gasteiger partial charge in [-0.3, -0.25) is 0 Å². The highest BCUT2D eigenvalue weighted by Crippen LogP contribution is 1.97. The van der Waals surface area contributed by atoms with Crippen molar-refractivity contribution < 1.29 is 14.4 Å². The van der Waals surface area contributed by atoms with Gasteiger partial charge in [-0.15, -0.1) is 0 Å². The Morgan fingerprint density at radius 3 is 2.67 bits per heavy atom. The standard InChI is InChI=1S/C7H14N2O3/c1-6(9-10-3)7(2)11-4-5-12-8/h2,4-5,8H2,1,3H3/b9-6+. The summed E-state index contributed by atoms with van der Waals surface area (Å²) in [6.45, 7) is 6.02. The molecule has 5 heteroatoms. The fraction of sp³-hybridized carbons (Fsp3) is 0.571. The first kappa shape index (κ1) is 10.9. The average molecular weight is 174 g/mol. The number of oxime groups is 1. The minimum Gasteiger partial charge on any atom is -0.490 e. The van der Waals surface area contributed by atoms with E-state index in [0.29, 0.717) is 24.7 Å². The van der Waals surface area contributed by atoms with Crippen LogP contribution in [0.4, 0.5) is 0 Å². The van der Waals surface area contributed by atoms with Crippen LogP contribution in [0.5, 0.6) is 0 Å². The third-order valence-electron chi connectivity index (χ3n) is 1.11. The van der Waals surface area contributed by atoms with Crippen molar-refractivity contribution in [1.82, 2.24) is 0 Å². The molecule has 0 rings (SSSR count). The molecule has 0 saturated heterocycles. The van der Waals surface area contributed by atoms with Gasteiger partial charge in [-0.25, -0.2) is 5.90 Å². The summed E-state index contributed by atoms with van der Waals surface area (Å²) in [5, 5.41) is 3.62. The first-order valence-electron chi connectivity index (χ1n) is 3.44. The molecule has 0 aromatic heterocycles. The predicted octanol–water partition coefficient (Wildman–Crippen LogP) is 0.429. The quantitative estimate of drug-likeness (QED) is 0.274. The van der Waals surface area contributed by atoms with E-state index in [4.69, 9.17) is 10.6 Å². The number of nitrogens with two attached hydrogens (primary N) is 1. The smallest absolute Gasteiger partial charge is 0.136 e. The van der Waals surface area contributed by atoms with E-state index in [0.717, 1.165) is 0 Å². The van der Waals surface area contributed by atoms with E-state index in [1.54, 1.807) is 6.92 Å². The molecule has 0 spiro atoms. The van der Waals surface area contributed by atoms with Crippen molar-refractivity contribution in [2.45, 2.75) is 6.92 Å². The van der Waals surface area contributed by atoms with Crippen molar-refractivity contribution in [3.8, 4) is 0 Å². The zero-order valence-electron chi connectivity index (χ0n) is 7.37. The maximum absolute atomic E-state index is 5.09. The number of rotatable bonds is 6. The van der Waals surface area contributed by atoms with Gasteiger partial charge < -0.3 is 14.4 Å². The molecule has 0 aliphatic heterocycles. The zero-order chi connectivity index (χ0) is 9.40. The van der Waals surface area contributed by atoms with Crippen molar-refractivity contribution in [3.05, 3.63) is 12.3 Å². The van der Waals surface area contributed by atoms with Crippen molar-refractivity contribution in [2.24, 2.45) is 11.1 Å². The van der Waals surface area contributed by atoms with Crippen LogP contribution in [0.25, 0.3) is 0 Å². The van der Waals surface area contributed by atoms with Crippen LogP contribution < -0.4 is 5.90 Å². The summed E-state index contributed by atoms with van der Waals surface area (Å²) >= 11 is 0. The number of ether oxygens (including phenoxy) is 1. The number of hydrogen-bond acceptors (Lipinski definition) is 5. The predicted molar refractivity (Wildman–Crippen MR) is 45.3 cm³/mol. The Labute approximate surface area is 71.7 Å². The molecule has 0 saturated carbocycles. The van der Waals surface area contributed by atoms with Crippen LogP contribution in [0.1, 0.15) is 6.92 Å². The molecule has 0 bridgehead atoms. The molecule has 0 aliphatic rings. The lowest BCUT2D eigenvalue weighted by Gasteiger charge is -2.06. The van der Waals surface area contributed by atoms with Gasteiger partial charge in [-0.1, -0.05) is 11.7 Å². The monoisotopic (exact) mass is 174 g/mol. The summed E-state index contributed by atoms with van der Waals surface area (Å²) < 4.78 is 5.09. The van der Waals surface area contributed by atoms with Crippen LogP contribution in [0.15, 0.2) is 17.5 Å². The van der Waals surface area contributed by atoms with Gasteiger partial charge in [0.05, 0.1) is 0 Å². The summed E-state index contributed by atoms with van der Waals surface area (Å²) in [6.07, 6.45) is 0. The van der Waals surface area contributed by atoms with Gasteiger partial charge in [-0.05, 0) is 6.92 Å². The van der Waals surface area contributed by atoms with E-state index >= 15 is 0 Å². The third kappa shape index (κ3) is 4.70. The lowest BCUT2D eigenvalue weighted by Crippen LogP contribution is -2.10. The van der Waals surface area contributed by atoms with Gasteiger partial charge in [0.1, 0.15) is 31.8 Å². The Morgan fingerprint density at radius 1 is 1.50 bits per heavy atom. The largest absolute Gasteiger partial charge is 0.490 e. The molecular weight excluding hydrogens is 160 g/mol. The van der Waals surface area contributed by atoms with Crippen LogP contribution in [0.2, 0.25) is 0 Å². The molecule has 0 radical (unpaired) electrons. The van der Waals surface area contributed by atoms with Gasteiger partial charge in [0.25, 0.3) is 0 Å². The van der Waals surface area contributed by atoms with Gasteiger partial charge >= 0.3 is 0 Å². The van der Waals surface area contributed by atoms with Crippen LogP contribution in [-0.4, -0.2) is 26.0 Å². The molecule has 5 nitrogen and oxygen atoms in total. The number of allylic oxidation sites excluding steroid dienone is 1. The Hall–Kier alpha value is -1.07. The molecule has 2 N–H and O–H groups in total. The lowest BCUT2D eigenvalue weighted by molar-refractivity contribution is 0.0811. The molecule has 0 unspecified atom stereocenters. The van der Waals surface area contributed by atoms with E-state index < -0.39 is 0 Å². The first-order chi connectivity index (χ1) is 5.72. The molecule has 0 aromatic carbocycles. The van der Waals surface area contributed by atoms with Crippen molar-refractivity contribution in [3.63, 3.8) is 0 Å². The van der Waals surface area contributed by atoms with Gasteiger partial charge in [-0.2, -0.15) is 0 Å². The topological polar surface area (TPSA) is 66.1 Å². The SMILES string of the molecule is C=C(OCCON)/C(C)=N/OC. The van der Waals surface area contributed by atoms with E-state index in [2.05, 4.69) is 21.4 Å². The van der Waals surface area contributed by atoms with Gasteiger partial charge in [0.15, 0.2) is 0 Å². The average Bonchev–Trinajstić information content (AvgIpc) is 2.05. The van der Waals surface area contributed by atoms with Crippen LogP contribution in [-0.2, 0) is 14.4 Å². The maximum Gasteiger partial charge on any atom is 0.136 e. The Morgan fingerprint density at radius 2 is 2.17 bits per heavy atom. The summed E-state index contributed by atoms with van der Waals surface area (Å²) in [6, 6.07) is 0. The van der Waals surface area contributed by atoms with E-state index in [1.165, 1.54) is 7.11 Å². The Balaban J connectivity index is 3.64. The van der Waals surface area contributed by atoms with E-state index in [1.807, 2.05) is 0 Å². The summed E-state index contributed by atoms with van der Waals surface area (Å²) in [5.41, 5.74) is 0.592. The Kier molecular flexibility index (Phi) is 6.04. The van der Waals surface area contributed by atoms with E-state index in [9.17, 15) is 0 Å². The molecule has 0 fully saturated rings. The normalized spacial score (nSPS) is 11.1. The lowest BCUT2D eigenvalue weighted by atomic mass is 10.4. The molecule has 0 heterocycles. The second kappa shape index (κ2) is 6.63.